The summed E-state index contributed by atoms with van der Waals surface area (Å²) in [5.74, 6) is -4.58. The van der Waals surface area contributed by atoms with Gasteiger partial charge in [-0.3, -0.25) is 4.79 Å². The fourth-order valence-corrected chi connectivity index (χ4v) is 4.72. The summed E-state index contributed by atoms with van der Waals surface area (Å²) in [7, 11) is -2.96. The zero-order chi connectivity index (χ0) is 19.0. The average molecular weight is 374 g/mol. The molecule has 0 fully saturated rings. The Labute approximate surface area is 166 Å². The first-order valence-corrected chi connectivity index (χ1v) is 9.35. The summed E-state index contributed by atoms with van der Waals surface area (Å²) < 4.78 is 41.5. The summed E-state index contributed by atoms with van der Waals surface area (Å²) in [6, 6.07) is 11.3. The van der Waals surface area contributed by atoms with Crippen molar-refractivity contribution in [2.75, 3.05) is 0 Å². The number of benzene rings is 2. The first-order chi connectivity index (χ1) is 11.4. The first kappa shape index (κ1) is 23.0. The molecule has 2 aromatic rings. The molecule has 1 nitrogen and oxygen atoms in total. The van der Waals surface area contributed by atoms with Gasteiger partial charge in [0.1, 0.15) is 7.92 Å². The maximum absolute atomic E-state index is 13.8. The normalized spacial score (nSPS) is 13.1. The summed E-state index contributed by atoms with van der Waals surface area (Å²) >= 11 is 0. The molecule has 0 saturated carbocycles. The second-order valence-electron chi connectivity index (χ2n) is 7.18. The number of hydrogen-bond acceptors (Lipinski definition) is 1. The molecule has 26 heavy (non-hydrogen) atoms. The molecule has 0 aliphatic carbocycles. The van der Waals surface area contributed by atoms with Crippen molar-refractivity contribution in [3.05, 3.63) is 64.7 Å². The number of carbonyl (C=O) groups is 1. The van der Waals surface area contributed by atoms with Gasteiger partial charge in [0.05, 0.1) is 0 Å². The predicted octanol–water partition coefficient (Wildman–Crippen LogP) is 5.42. The van der Waals surface area contributed by atoms with E-state index in [9.17, 15) is 18.0 Å². The van der Waals surface area contributed by atoms with Gasteiger partial charge < -0.3 is 0 Å². The quantitative estimate of drug-likeness (QED) is 0.518. The molecule has 0 amide bonds. The number of rotatable bonds is 3. The van der Waals surface area contributed by atoms with Crippen molar-refractivity contribution in [1.82, 2.24) is 0 Å². The van der Waals surface area contributed by atoms with E-state index in [1.54, 1.807) is 44.2 Å². The number of alkyl halides is 3. The zero-order valence-corrected chi connectivity index (χ0v) is 15.9. The fourth-order valence-electron chi connectivity index (χ4n) is 2.79. The van der Waals surface area contributed by atoms with E-state index >= 15 is 0 Å². The van der Waals surface area contributed by atoms with Crippen LogP contribution in [0.25, 0.3) is 0 Å². The van der Waals surface area contributed by atoms with Crippen LogP contribution < -0.4 is 5.30 Å². The van der Waals surface area contributed by atoms with Gasteiger partial charge in [-0.2, -0.15) is 13.2 Å². The van der Waals surface area contributed by atoms with Gasteiger partial charge in [-0.15, -0.1) is 0 Å². The molecule has 1 atom stereocenters. The van der Waals surface area contributed by atoms with Crippen LogP contribution in [-0.4, -0.2) is 30.3 Å². The van der Waals surface area contributed by atoms with Gasteiger partial charge in [0.15, 0.2) is 5.52 Å². The Bertz CT molecular complexity index is 757. The Morgan fingerprint density at radius 3 is 1.77 bits per heavy atom. The summed E-state index contributed by atoms with van der Waals surface area (Å²) in [6.07, 6.45) is 0. The third-order valence-electron chi connectivity index (χ3n) is 4.06. The van der Waals surface area contributed by atoms with Gasteiger partial charge in [-0.25, -0.2) is 0 Å². The Hall–Kier alpha value is -1.07. The van der Waals surface area contributed by atoms with E-state index in [0.29, 0.717) is 11.1 Å². The molecule has 1 unspecified atom stereocenters. The molecule has 0 radical (unpaired) electrons. The number of carbonyl (C=O) groups excluding carboxylic acids is 1. The topological polar surface area (TPSA) is 17.1 Å². The molecule has 0 aliphatic rings. The Morgan fingerprint density at radius 2 is 1.38 bits per heavy atom. The third kappa shape index (κ3) is 5.01. The summed E-state index contributed by atoms with van der Waals surface area (Å²) in [4.78, 5) is 12.7. The molecule has 0 heterocycles. The van der Waals surface area contributed by atoms with Crippen LogP contribution in [0.2, 0.25) is 0 Å². The molecule has 2 aromatic carbocycles. The van der Waals surface area contributed by atoms with Crippen molar-refractivity contribution in [3.63, 3.8) is 0 Å². The molecule has 0 saturated heterocycles. The zero-order valence-electron chi connectivity index (χ0n) is 15.0. The number of aryl methyl sites for hydroxylation is 2. The molecule has 0 N–H and O–H groups in total. The van der Waals surface area contributed by atoms with Gasteiger partial charge in [0, 0.05) is 5.56 Å². The minimum atomic E-state index is -4.58. The molecule has 0 aromatic heterocycles. The summed E-state index contributed by atoms with van der Waals surface area (Å²) in [6.45, 7) is 9.38. The van der Waals surface area contributed by atoms with Crippen molar-refractivity contribution in [2.24, 2.45) is 0 Å². The number of halogens is 3. The van der Waals surface area contributed by atoms with Gasteiger partial charge in [-0.1, -0.05) is 63.2 Å². The van der Waals surface area contributed by atoms with Crippen LogP contribution >= 0.6 is 7.92 Å². The Balaban J connectivity index is 0.00000338. The molecule has 0 bridgehead atoms. The van der Waals surface area contributed by atoms with Crippen LogP contribution in [0, 0.1) is 13.8 Å². The van der Waals surface area contributed by atoms with E-state index < -0.39 is 19.4 Å². The van der Waals surface area contributed by atoms with E-state index in [1.807, 2.05) is 20.8 Å². The van der Waals surface area contributed by atoms with Crippen molar-refractivity contribution >= 4 is 37.6 Å². The fraction of sp³-hybridized carbons (Fsp3) is 0.350. The molecular formula is C20H23F3LiOP. The number of hydrogen-bond donors (Lipinski definition) is 0. The van der Waals surface area contributed by atoms with Crippen molar-refractivity contribution in [1.29, 1.82) is 0 Å². The summed E-state index contributed by atoms with van der Waals surface area (Å²) in [5, 5.41) is 0.129. The minimum absolute atomic E-state index is 0. The van der Waals surface area contributed by atoms with Crippen LogP contribution in [0.4, 0.5) is 13.2 Å². The van der Waals surface area contributed by atoms with Gasteiger partial charge in [0.25, 0.3) is 0 Å². The molecular weight excluding hydrogens is 351 g/mol. The second kappa shape index (κ2) is 8.30. The molecule has 6 heteroatoms. The second-order valence-corrected chi connectivity index (χ2v) is 9.21. The van der Waals surface area contributed by atoms with Gasteiger partial charge >= 0.3 is 24.8 Å². The molecule has 0 aliphatic heterocycles. The van der Waals surface area contributed by atoms with Crippen molar-refractivity contribution in [3.8, 4) is 0 Å². The van der Waals surface area contributed by atoms with Crippen LogP contribution in [-0.2, 0) is 5.41 Å². The van der Waals surface area contributed by atoms with E-state index in [1.165, 1.54) is 12.1 Å². The monoisotopic (exact) mass is 374 g/mol. The summed E-state index contributed by atoms with van der Waals surface area (Å²) in [5.41, 5.74) is 1.10. The van der Waals surface area contributed by atoms with Gasteiger partial charge in [-0.05, 0) is 41.3 Å². The first-order valence-electron chi connectivity index (χ1n) is 8.01. The van der Waals surface area contributed by atoms with E-state index in [2.05, 4.69) is 0 Å². The predicted molar refractivity (Wildman–Crippen MR) is 105 cm³/mol. The standard InChI is InChI=1S/C20H22F3OP.Li.H/c1-13-11-16(19(3,4)5)12-14(2)17(13)25(20(21,22)23)18(24)15-9-7-6-8-10-15;;/h6-12H,1-5H3;;. The Kier molecular flexibility index (Phi) is 7.33. The SMILES string of the molecule is Cc1cc(C(C)(C)C)cc(C)c1P(C(=O)c1ccccc1)C(F)(F)F.[LiH]. The third-order valence-corrected chi connectivity index (χ3v) is 6.38. The average Bonchev–Trinajstić information content (AvgIpc) is 2.48. The van der Waals surface area contributed by atoms with Crippen LogP contribution in [0.1, 0.15) is 47.8 Å². The molecule has 0 spiro atoms. The van der Waals surface area contributed by atoms with Gasteiger partial charge in [0.2, 0.25) is 0 Å². The van der Waals surface area contributed by atoms with Crippen molar-refractivity contribution in [2.45, 2.75) is 46.0 Å². The van der Waals surface area contributed by atoms with Crippen LogP contribution in [0.5, 0.6) is 0 Å². The van der Waals surface area contributed by atoms with Crippen LogP contribution in [0.15, 0.2) is 42.5 Å². The molecule has 136 valence electrons. The van der Waals surface area contributed by atoms with Crippen LogP contribution in [0.3, 0.4) is 0 Å². The van der Waals surface area contributed by atoms with E-state index in [-0.39, 0.29) is 35.1 Å². The van der Waals surface area contributed by atoms with E-state index in [0.717, 1.165) is 5.56 Å². The van der Waals surface area contributed by atoms with E-state index in [4.69, 9.17) is 0 Å². The van der Waals surface area contributed by atoms with Crippen molar-refractivity contribution < 1.29 is 18.0 Å². The molecule has 2 rings (SSSR count). The Morgan fingerprint density at radius 1 is 0.923 bits per heavy atom. The maximum atomic E-state index is 13.8.